The Morgan fingerprint density at radius 3 is 2.68 bits per heavy atom. The minimum absolute atomic E-state index is 0.0742. The summed E-state index contributed by atoms with van der Waals surface area (Å²) < 4.78 is 5.59. The molecule has 0 atom stereocenters. The summed E-state index contributed by atoms with van der Waals surface area (Å²) in [5.41, 5.74) is 0.720. The van der Waals surface area contributed by atoms with Gasteiger partial charge in [-0.15, -0.1) is 0 Å². The van der Waals surface area contributed by atoms with E-state index in [1.54, 1.807) is 18.2 Å². The van der Waals surface area contributed by atoms with E-state index < -0.39 is 0 Å². The Bertz CT molecular complexity index is 694. The number of carbonyl (C=O) groups is 1. The summed E-state index contributed by atoms with van der Waals surface area (Å²) in [5, 5.41) is 19.8. The molecule has 0 fully saturated rings. The van der Waals surface area contributed by atoms with E-state index in [1.807, 2.05) is 0 Å². The van der Waals surface area contributed by atoms with Crippen LogP contribution in [0.3, 0.4) is 0 Å². The average Bonchev–Trinajstić information content (AvgIpc) is 2.44. The molecule has 96 valence electrons. The molecule has 0 aliphatic carbocycles. The summed E-state index contributed by atoms with van der Waals surface area (Å²) >= 11 is 5.89. The van der Waals surface area contributed by atoms with Gasteiger partial charge in [-0.3, -0.25) is 4.79 Å². The summed E-state index contributed by atoms with van der Waals surface area (Å²) in [6, 6.07) is 7.37. The van der Waals surface area contributed by atoms with Gasteiger partial charge in [0.05, 0.1) is 0 Å². The number of rotatable bonds is 0. The van der Waals surface area contributed by atoms with Crippen LogP contribution in [-0.2, 0) is 6.42 Å². The lowest BCUT2D eigenvalue weighted by molar-refractivity contribution is 0.0991. The number of hydrogen-bond donors (Lipinski definition) is 2. The molecule has 19 heavy (non-hydrogen) atoms. The predicted molar refractivity (Wildman–Crippen MR) is 69.3 cm³/mol. The molecule has 2 aromatic carbocycles. The van der Waals surface area contributed by atoms with Gasteiger partial charge in [0, 0.05) is 29.1 Å². The molecule has 3 rings (SSSR count). The number of Topliss-reactive ketones (excluding diaryl/α,β-unsaturated/α-hetero) is 1. The van der Waals surface area contributed by atoms with Crippen LogP contribution in [0.5, 0.6) is 23.0 Å². The predicted octanol–water partition coefficient (Wildman–Crippen LogP) is 3.28. The smallest absolute Gasteiger partial charge is 0.174 e. The van der Waals surface area contributed by atoms with Gasteiger partial charge in [0.25, 0.3) is 0 Å². The normalized spacial score (nSPS) is 13.2. The number of ketones is 1. The SMILES string of the molecule is O=C1Cc2cc(Cl)ccc2Oc2cc(O)cc(O)c21. The number of fused-ring (bicyclic) bond motifs is 2. The zero-order valence-electron chi connectivity index (χ0n) is 9.68. The molecule has 5 heteroatoms. The van der Waals surface area contributed by atoms with E-state index in [-0.39, 0.29) is 35.0 Å². The second-order valence-electron chi connectivity index (χ2n) is 4.29. The first-order valence-corrected chi connectivity index (χ1v) is 5.98. The number of phenols is 2. The molecule has 0 amide bonds. The Kier molecular flexibility index (Phi) is 2.61. The minimum Gasteiger partial charge on any atom is -0.508 e. The van der Waals surface area contributed by atoms with Crippen molar-refractivity contribution in [1.82, 2.24) is 0 Å². The summed E-state index contributed by atoms with van der Waals surface area (Å²) in [6.07, 6.45) is 0.0846. The highest BCUT2D eigenvalue weighted by Crippen LogP contribution is 2.40. The Labute approximate surface area is 113 Å². The summed E-state index contributed by atoms with van der Waals surface area (Å²) in [7, 11) is 0. The summed E-state index contributed by atoms with van der Waals surface area (Å²) in [4.78, 5) is 12.1. The van der Waals surface area contributed by atoms with Crippen LogP contribution >= 0.6 is 11.6 Å². The first kappa shape index (κ1) is 11.9. The minimum atomic E-state index is -0.293. The fraction of sp³-hybridized carbons (Fsp3) is 0.0714. The molecule has 1 aliphatic heterocycles. The second kappa shape index (κ2) is 4.17. The van der Waals surface area contributed by atoms with Gasteiger partial charge in [-0.1, -0.05) is 11.6 Å². The molecule has 4 nitrogen and oxygen atoms in total. The number of aromatic hydroxyl groups is 2. The van der Waals surface area contributed by atoms with Crippen LogP contribution in [0.1, 0.15) is 15.9 Å². The molecular formula is C14H9ClO4. The first-order chi connectivity index (χ1) is 9.04. The molecule has 2 N–H and O–H groups in total. The van der Waals surface area contributed by atoms with E-state index in [0.29, 0.717) is 16.3 Å². The summed E-state index contributed by atoms with van der Waals surface area (Å²) in [6.45, 7) is 0. The monoisotopic (exact) mass is 276 g/mol. The van der Waals surface area contributed by atoms with Crippen molar-refractivity contribution in [2.24, 2.45) is 0 Å². The van der Waals surface area contributed by atoms with Crippen molar-refractivity contribution in [3.63, 3.8) is 0 Å². The van der Waals surface area contributed by atoms with Crippen LogP contribution in [0, 0.1) is 0 Å². The van der Waals surface area contributed by atoms with Gasteiger partial charge in [0.1, 0.15) is 28.6 Å². The highest BCUT2D eigenvalue weighted by atomic mass is 35.5. The van der Waals surface area contributed by atoms with Crippen LogP contribution in [0.2, 0.25) is 5.02 Å². The van der Waals surface area contributed by atoms with Crippen LogP contribution < -0.4 is 4.74 Å². The average molecular weight is 277 g/mol. The lowest BCUT2D eigenvalue weighted by Gasteiger charge is -2.09. The number of halogens is 1. The quantitative estimate of drug-likeness (QED) is 0.775. The molecule has 0 aromatic heterocycles. The third kappa shape index (κ3) is 2.00. The standard InChI is InChI=1S/C14H9ClO4/c15-8-1-2-12-7(3-8)4-10(17)14-11(18)5-9(16)6-13(14)19-12/h1-3,5-6,16,18H,4H2. The molecule has 1 aliphatic rings. The third-order valence-electron chi connectivity index (χ3n) is 2.94. The lowest BCUT2D eigenvalue weighted by Crippen LogP contribution is -2.02. The van der Waals surface area contributed by atoms with Crippen molar-refractivity contribution < 1.29 is 19.7 Å². The molecular weight excluding hydrogens is 268 g/mol. The maximum absolute atomic E-state index is 12.1. The number of ether oxygens (including phenoxy) is 1. The molecule has 0 unspecified atom stereocenters. The molecule has 2 aromatic rings. The Hall–Kier alpha value is -2.20. The van der Waals surface area contributed by atoms with Gasteiger partial charge in [-0.2, -0.15) is 0 Å². The highest BCUT2D eigenvalue weighted by molar-refractivity contribution is 6.30. The maximum Gasteiger partial charge on any atom is 0.174 e. The molecule has 0 bridgehead atoms. The van der Waals surface area contributed by atoms with Crippen LogP contribution in [0.4, 0.5) is 0 Å². The summed E-state index contributed by atoms with van der Waals surface area (Å²) in [5.74, 6) is -0.112. The van der Waals surface area contributed by atoms with E-state index in [4.69, 9.17) is 16.3 Å². The van der Waals surface area contributed by atoms with Crippen molar-refractivity contribution in [2.45, 2.75) is 6.42 Å². The van der Waals surface area contributed by atoms with E-state index in [0.717, 1.165) is 6.07 Å². The van der Waals surface area contributed by atoms with E-state index >= 15 is 0 Å². The van der Waals surface area contributed by atoms with Gasteiger partial charge >= 0.3 is 0 Å². The number of hydrogen-bond acceptors (Lipinski definition) is 4. The zero-order chi connectivity index (χ0) is 13.6. The van der Waals surface area contributed by atoms with Gasteiger partial charge < -0.3 is 14.9 Å². The fourth-order valence-corrected chi connectivity index (χ4v) is 2.31. The van der Waals surface area contributed by atoms with Crippen molar-refractivity contribution in [3.05, 3.63) is 46.5 Å². The topological polar surface area (TPSA) is 66.8 Å². The van der Waals surface area contributed by atoms with Crippen LogP contribution in [0.25, 0.3) is 0 Å². The third-order valence-corrected chi connectivity index (χ3v) is 3.17. The fourth-order valence-electron chi connectivity index (χ4n) is 2.11. The van der Waals surface area contributed by atoms with Gasteiger partial charge in [0.2, 0.25) is 0 Å². The van der Waals surface area contributed by atoms with Crippen molar-refractivity contribution in [1.29, 1.82) is 0 Å². The molecule has 0 saturated carbocycles. The van der Waals surface area contributed by atoms with Gasteiger partial charge in [-0.25, -0.2) is 0 Å². The van der Waals surface area contributed by atoms with Crippen molar-refractivity contribution in [2.75, 3.05) is 0 Å². The molecule has 0 saturated heterocycles. The molecule has 0 radical (unpaired) electrons. The van der Waals surface area contributed by atoms with Gasteiger partial charge in [-0.05, 0) is 18.2 Å². The largest absolute Gasteiger partial charge is 0.508 e. The zero-order valence-corrected chi connectivity index (χ0v) is 10.4. The van der Waals surface area contributed by atoms with Gasteiger partial charge in [0.15, 0.2) is 5.78 Å². The molecule has 0 spiro atoms. The Balaban J connectivity index is 2.21. The second-order valence-corrected chi connectivity index (χ2v) is 4.73. The van der Waals surface area contributed by atoms with E-state index in [9.17, 15) is 15.0 Å². The number of carbonyl (C=O) groups excluding carboxylic acids is 1. The van der Waals surface area contributed by atoms with Crippen LogP contribution in [0.15, 0.2) is 30.3 Å². The van der Waals surface area contributed by atoms with E-state index in [1.165, 1.54) is 6.07 Å². The maximum atomic E-state index is 12.1. The van der Waals surface area contributed by atoms with Crippen LogP contribution in [-0.4, -0.2) is 16.0 Å². The van der Waals surface area contributed by atoms with Crippen molar-refractivity contribution >= 4 is 17.4 Å². The Morgan fingerprint density at radius 2 is 1.89 bits per heavy atom. The Morgan fingerprint density at radius 1 is 1.11 bits per heavy atom. The van der Waals surface area contributed by atoms with E-state index in [2.05, 4.69) is 0 Å². The highest BCUT2D eigenvalue weighted by Gasteiger charge is 2.25. The molecule has 1 heterocycles. The first-order valence-electron chi connectivity index (χ1n) is 5.60. The number of benzene rings is 2. The van der Waals surface area contributed by atoms with Crippen molar-refractivity contribution in [3.8, 4) is 23.0 Å². The lowest BCUT2D eigenvalue weighted by atomic mass is 10.0. The number of phenolic OH excluding ortho intramolecular Hbond substituents is 2.